The fourth-order valence-electron chi connectivity index (χ4n) is 2.00. The van der Waals surface area contributed by atoms with Crippen LogP contribution in [0.2, 0.25) is 0 Å². The minimum atomic E-state index is 0.00922. The molecule has 3 nitrogen and oxygen atoms in total. The third kappa shape index (κ3) is 2.91. The number of nitrogens with zero attached hydrogens (tertiary/aromatic N) is 1. The molecule has 2 N–H and O–H groups in total. The molecule has 0 bridgehead atoms. The lowest BCUT2D eigenvalue weighted by Crippen LogP contribution is -2.11. The Bertz CT molecular complexity index is 579. The minimum absolute atomic E-state index is 0.00922. The Balaban J connectivity index is 2.64. The maximum atomic E-state index is 9.38. The molecule has 0 aliphatic carbocycles. The van der Waals surface area contributed by atoms with Gasteiger partial charge in [0.2, 0.25) is 0 Å². The molecule has 19 heavy (non-hydrogen) atoms. The van der Waals surface area contributed by atoms with Gasteiger partial charge < -0.3 is 15.1 Å². The van der Waals surface area contributed by atoms with Crippen LogP contribution in [0.3, 0.4) is 0 Å². The highest BCUT2D eigenvalue weighted by Gasteiger charge is 2.13. The van der Waals surface area contributed by atoms with Gasteiger partial charge in [-0.1, -0.05) is 28.1 Å². The van der Waals surface area contributed by atoms with Crippen LogP contribution in [0.4, 0.5) is 5.69 Å². The van der Waals surface area contributed by atoms with E-state index in [9.17, 15) is 10.2 Å². The minimum Gasteiger partial charge on any atom is -0.508 e. The van der Waals surface area contributed by atoms with Crippen molar-refractivity contribution in [3.05, 3.63) is 46.4 Å². The molecule has 0 aliphatic heterocycles. The van der Waals surface area contributed by atoms with Crippen LogP contribution in [-0.2, 0) is 6.61 Å². The maximum Gasteiger partial charge on any atom is 0.115 e. The van der Waals surface area contributed by atoms with Crippen molar-refractivity contribution >= 4 is 21.6 Å². The zero-order valence-corrected chi connectivity index (χ0v) is 12.5. The monoisotopic (exact) mass is 321 g/mol. The average Bonchev–Trinajstić information content (AvgIpc) is 2.39. The van der Waals surface area contributed by atoms with Crippen LogP contribution in [-0.4, -0.2) is 24.3 Å². The van der Waals surface area contributed by atoms with Gasteiger partial charge in [-0.2, -0.15) is 0 Å². The van der Waals surface area contributed by atoms with Crippen LogP contribution in [0.15, 0.2) is 40.9 Å². The second kappa shape index (κ2) is 5.63. The van der Waals surface area contributed by atoms with Gasteiger partial charge in [-0.05, 0) is 35.4 Å². The molecule has 0 aromatic heterocycles. The number of phenolic OH excluding ortho intramolecular Hbond substituents is 1. The van der Waals surface area contributed by atoms with Crippen molar-refractivity contribution in [2.45, 2.75) is 6.61 Å². The van der Waals surface area contributed by atoms with Gasteiger partial charge in [-0.25, -0.2) is 0 Å². The van der Waals surface area contributed by atoms with Gasteiger partial charge in [-0.15, -0.1) is 0 Å². The highest BCUT2D eigenvalue weighted by atomic mass is 79.9. The Hall–Kier alpha value is -1.52. The zero-order valence-electron chi connectivity index (χ0n) is 10.9. The number of phenols is 1. The number of benzene rings is 2. The van der Waals surface area contributed by atoms with Crippen molar-refractivity contribution in [3.8, 4) is 16.9 Å². The van der Waals surface area contributed by atoms with Gasteiger partial charge >= 0.3 is 0 Å². The molecule has 4 heteroatoms. The zero-order chi connectivity index (χ0) is 14.0. The molecule has 0 unspecified atom stereocenters. The van der Waals surface area contributed by atoms with Crippen molar-refractivity contribution in [2.24, 2.45) is 0 Å². The fourth-order valence-corrected chi connectivity index (χ4v) is 2.73. The molecule has 2 rings (SSSR count). The van der Waals surface area contributed by atoms with Crippen molar-refractivity contribution in [3.63, 3.8) is 0 Å². The first kappa shape index (κ1) is 13.9. The van der Waals surface area contributed by atoms with E-state index < -0.39 is 0 Å². The molecule has 0 heterocycles. The topological polar surface area (TPSA) is 43.7 Å². The molecule has 2 aromatic rings. The Kier molecular flexibility index (Phi) is 4.12. The van der Waals surface area contributed by atoms with E-state index in [4.69, 9.17) is 0 Å². The number of aliphatic hydroxyl groups is 1. The summed E-state index contributed by atoms with van der Waals surface area (Å²) >= 11 is 3.56. The predicted molar refractivity (Wildman–Crippen MR) is 81.5 cm³/mol. The molecular weight excluding hydrogens is 306 g/mol. The highest BCUT2D eigenvalue weighted by Crippen LogP contribution is 2.38. The number of halogens is 1. The van der Waals surface area contributed by atoms with Gasteiger partial charge in [0.25, 0.3) is 0 Å². The smallest absolute Gasteiger partial charge is 0.115 e. The quantitative estimate of drug-likeness (QED) is 0.910. The molecule has 0 radical (unpaired) electrons. The molecule has 0 atom stereocenters. The normalized spacial score (nSPS) is 10.5. The number of anilines is 1. The van der Waals surface area contributed by atoms with Crippen LogP contribution in [0.1, 0.15) is 5.56 Å². The van der Waals surface area contributed by atoms with Crippen molar-refractivity contribution < 1.29 is 10.2 Å². The number of hydrogen-bond acceptors (Lipinski definition) is 3. The summed E-state index contributed by atoms with van der Waals surface area (Å²) in [6, 6.07) is 11.0. The van der Waals surface area contributed by atoms with E-state index >= 15 is 0 Å². The Morgan fingerprint density at radius 2 is 1.74 bits per heavy atom. The van der Waals surface area contributed by atoms with Crippen molar-refractivity contribution in [1.29, 1.82) is 0 Å². The molecule has 2 aromatic carbocycles. The number of rotatable bonds is 3. The number of hydrogen-bond donors (Lipinski definition) is 2. The van der Waals surface area contributed by atoms with E-state index in [0.717, 1.165) is 26.9 Å². The summed E-state index contributed by atoms with van der Waals surface area (Å²) in [7, 11) is 3.93. The Morgan fingerprint density at radius 3 is 2.26 bits per heavy atom. The summed E-state index contributed by atoms with van der Waals surface area (Å²) in [4.78, 5) is 2.01. The summed E-state index contributed by atoms with van der Waals surface area (Å²) in [5.74, 6) is 0.248. The van der Waals surface area contributed by atoms with Crippen LogP contribution in [0, 0.1) is 0 Å². The van der Waals surface area contributed by atoms with Crippen LogP contribution < -0.4 is 4.90 Å². The number of aromatic hydroxyl groups is 1. The molecule has 0 saturated carbocycles. The highest BCUT2D eigenvalue weighted by molar-refractivity contribution is 9.10. The lowest BCUT2D eigenvalue weighted by Gasteiger charge is -2.20. The first-order valence-corrected chi connectivity index (χ1v) is 6.72. The Morgan fingerprint density at radius 1 is 1.11 bits per heavy atom. The maximum absolute atomic E-state index is 9.38. The van der Waals surface area contributed by atoms with Gasteiger partial charge in [0.05, 0.1) is 6.61 Å². The van der Waals surface area contributed by atoms with Crippen molar-refractivity contribution in [2.75, 3.05) is 19.0 Å². The largest absolute Gasteiger partial charge is 0.508 e. The Labute approximate surface area is 121 Å². The van der Waals surface area contributed by atoms with Crippen LogP contribution >= 0.6 is 15.9 Å². The molecule has 0 fully saturated rings. The lowest BCUT2D eigenvalue weighted by atomic mass is 10.0. The summed E-state index contributed by atoms with van der Waals surface area (Å²) < 4.78 is 0.924. The standard InChI is InChI=1S/C15H16BrNO2/c1-17(2)14-8-10(9-18)7-13(16)15(14)11-3-5-12(19)6-4-11/h3-8,18-19H,9H2,1-2H3. The average molecular weight is 322 g/mol. The fraction of sp³-hybridized carbons (Fsp3) is 0.200. The van der Waals surface area contributed by atoms with Gasteiger partial charge in [0, 0.05) is 29.8 Å². The third-order valence-electron chi connectivity index (χ3n) is 2.95. The predicted octanol–water partition coefficient (Wildman–Crippen LogP) is 3.38. The summed E-state index contributed by atoms with van der Waals surface area (Å²) in [6.45, 7) is 0.00922. The van der Waals surface area contributed by atoms with E-state index in [1.54, 1.807) is 12.1 Å². The third-order valence-corrected chi connectivity index (χ3v) is 3.57. The van der Waals surface area contributed by atoms with Gasteiger partial charge in [-0.3, -0.25) is 0 Å². The summed E-state index contributed by atoms with van der Waals surface area (Å²) in [5.41, 5.74) is 3.93. The molecule has 100 valence electrons. The SMILES string of the molecule is CN(C)c1cc(CO)cc(Br)c1-c1ccc(O)cc1. The number of aliphatic hydroxyl groups excluding tert-OH is 1. The van der Waals surface area contributed by atoms with E-state index in [1.165, 1.54) is 0 Å². The molecule has 0 spiro atoms. The molecular formula is C15H16BrNO2. The lowest BCUT2D eigenvalue weighted by molar-refractivity contribution is 0.282. The van der Waals surface area contributed by atoms with E-state index in [2.05, 4.69) is 15.9 Å². The summed E-state index contributed by atoms with van der Waals surface area (Å²) in [6.07, 6.45) is 0. The van der Waals surface area contributed by atoms with Crippen molar-refractivity contribution in [1.82, 2.24) is 0 Å². The first-order chi connectivity index (χ1) is 9.02. The summed E-state index contributed by atoms with van der Waals surface area (Å²) in [5, 5.41) is 18.7. The molecule has 0 amide bonds. The van der Waals surface area contributed by atoms with Gasteiger partial charge in [0.15, 0.2) is 0 Å². The second-order valence-corrected chi connectivity index (χ2v) is 5.43. The van der Waals surface area contributed by atoms with E-state index in [0.29, 0.717) is 0 Å². The van der Waals surface area contributed by atoms with E-state index in [1.807, 2.05) is 43.3 Å². The van der Waals surface area contributed by atoms with Crippen LogP contribution in [0.5, 0.6) is 5.75 Å². The van der Waals surface area contributed by atoms with E-state index in [-0.39, 0.29) is 12.4 Å². The van der Waals surface area contributed by atoms with Gasteiger partial charge in [0.1, 0.15) is 5.75 Å². The second-order valence-electron chi connectivity index (χ2n) is 4.57. The van der Waals surface area contributed by atoms with Crippen LogP contribution in [0.25, 0.3) is 11.1 Å². The first-order valence-electron chi connectivity index (χ1n) is 5.93. The molecule has 0 aliphatic rings. The molecule has 0 saturated heterocycles.